The normalized spacial score (nSPS) is 22.2. The molecule has 1 N–H and O–H groups in total. The van der Waals surface area contributed by atoms with Gasteiger partial charge in [-0.25, -0.2) is 0 Å². The van der Waals surface area contributed by atoms with Gasteiger partial charge in [-0.3, -0.25) is 0 Å². The Labute approximate surface area is 78.2 Å². The number of rotatable bonds is 1. The average Bonchev–Trinajstić information content (AvgIpc) is 2.46. The third-order valence-corrected chi connectivity index (χ3v) is 2.45. The van der Waals surface area contributed by atoms with E-state index in [-0.39, 0.29) is 6.10 Å². The monoisotopic (exact) mass is 178 g/mol. The second-order valence-corrected chi connectivity index (χ2v) is 3.71. The van der Waals surface area contributed by atoms with Gasteiger partial charge < -0.3 is 9.84 Å². The average molecular weight is 178 g/mol. The van der Waals surface area contributed by atoms with Crippen LogP contribution in [0.4, 0.5) is 0 Å². The SMILES string of the molecule is Cc1ccc2c(c1)CC(C(C)O)O2. The molecule has 1 aromatic carbocycles. The second-order valence-electron chi connectivity index (χ2n) is 3.71. The predicted molar refractivity (Wildman–Crippen MR) is 51.0 cm³/mol. The molecule has 0 fully saturated rings. The fraction of sp³-hybridized carbons (Fsp3) is 0.455. The van der Waals surface area contributed by atoms with E-state index < -0.39 is 6.10 Å². The number of hydrogen-bond donors (Lipinski definition) is 1. The van der Waals surface area contributed by atoms with Crippen molar-refractivity contribution in [3.05, 3.63) is 29.3 Å². The summed E-state index contributed by atoms with van der Waals surface area (Å²) in [7, 11) is 0. The van der Waals surface area contributed by atoms with Gasteiger partial charge in [0.05, 0.1) is 6.10 Å². The van der Waals surface area contributed by atoms with Crippen molar-refractivity contribution in [2.45, 2.75) is 32.5 Å². The summed E-state index contributed by atoms with van der Waals surface area (Å²) in [4.78, 5) is 0. The van der Waals surface area contributed by atoms with Gasteiger partial charge in [0.1, 0.15) is 11.9 Å². The second kappa shape index (κ2) is 3.04. The first-order valence-electron chi connectivity index (χ1n) is 4.61. The van der Waals surface area contributed by atoms with E-state index in [1.54, 1.807) is 6.92 Å². The smallest absolute Gasteiger partial charge is 0.128 e. The molecule has 0 aliphatic carbocycles. The van der Waals surface area contributed by atoms with Gasteiger partial charge in [-0.15, -0.1) is 0 Å². The van der Waals surface area contributed by atoms with E-state index in [9.17, 15) is 5.11 Å². The molecule has 1 heterocycles. The number of aryl methyl sites for hydroxylation is 1. The van der Waals surface area contributed by atoms with Gasteiger partial charge in [0.25, 0.3) is 0 Å². The Kier molecular flexibility index (Phi) is 2.00. The van der Waals surface area contributed by atoms with Crippen LogP contribution in [0.5, 0.6) is 5.75 Å². The minimum Gasteiger partial charge on any atom is -0.487 e. The first-order valence-corrected chi connectivity index (χ1v) is 4.61. The van der Waals surface area contributed by atoms with Crippen LogP contribution in [-0.2, 0) is 6.42 Å². The molecule has 0 aromatic heterocycles. The third-order valence-electron chi connectivity index (χ3n) is 2.45. The molecular weight excluding hydrogens is 164 g/mol. The standard InChI is InChI=1S/C11H14O2/c1-7-3-4-10-9(5-7)6-11(13-10)8(2)12/h3-5,8,11-12H,6H2,1-2H3. The van der Waals surface area contributed by atoms with E-state index in [1.165, 1.54) is 11.1 Å². The summed E-state index contributed by atoms with van der Waals surface area (Å²) in [5.41, 5.74) is 2.46. The number of benzene rings is 1. The van der Waals surface area contributed by atoms with Crippen LogP contribution < -0.4 is 4.74 Å². The van der Waals surface area contributed by atoms with Gasteiger partial charge in [-0.1, -0.05) is 17.7 Å². The number of ether oxygens (including phenoxy) is 1. The molecule has 2 atom stereocenters. The molecular formula is C11H14O2. The minimum atomic E-state index is -0.396. The summed E-state index contributed by atoms with van der Waals surface area (Å²) in [6.07, 6.45) is 0.374. The van der Waals surface area contributed by atoms with E-state index >= 15 is 0 Å². The molecule has 0 spiro atoms. The van der Waals surface area contributed by atoms with Crippen LogP contribution in [0, 0.1) is 6.92 Å². The van der Waals surface area contributed by atoms with Crippen molar-refractivity contribution in [1.82, 2.24) is 0 Å². The largest absolute Gasteiger partial charge is 0.487 e. The Balaban J connectivity index is 2.25. The first kappa shape index (κ1) is 8.57. The van der Waals surface area contributed by atoms with Crippen LogP contribution in [0.3, 0.4) is 0 Å². The lowest BCUT2D eigenvalue weighted by molar-refractivity contribution is 0.0632. The number of aliphatic hydroxyl groups excluding tert-OH is 1. The molecule has 0 radical (unpaired) electrons. The van der Waals surface area contributed by atoms with Crippen molar-refractivity contribution < 1.29 is 9.84 Å². The lowest BCUT2D eigenvalue weighted by Gasteiger charge is -2.12. The van der Waals surface area contributed by atoms with Crippen LogP contribution >= 0.6 is 0 Å². The first-order chi connectivity index (χ1) is 6.16. The van der Waals surface area contributed by atoms with Crippen molar-refractivity contribution in [3.8, 4) is 5.75 Å². The van der Waals surface area contributed by atoms with Crippen LogP contribution in [0.25, 0.3) is 0 Å². The van der Waals surface area contributed by atoms with Crippen LogP contribution in [0.1, 0.15) is 18.1 Å². The van der Waals surface area contributed by atoms with Crippen LogP contribution in [0.2, 0.25) is 0 Å². The number of aliphatic hydroxyl groups is 1. The van der Waals surface area contributed by atoms with Gasteiger partial charge in [0, 0.05) is 6.42 Å². The molecule has 1 aliphatic heterocycles. The van der Waals surface area contributed by atoms with E-state index in [0.717, 1.165) is 12.2 Å². The molecule has 2 nitrogen and oxygen atoms in total. The Morgan fingerprint density at radius 3 is 3.00 bits per heavy atom. The third kappa shape index (κ3) is 1.54. The van der Waals surface area contributed by atoms with Gasteiger partial charge in [-0.2, -0.15) is 0 Å². The molecule has 0 bridgehead atoms. The summed E-state index contributed by atoms with van der Waals surface area (Å²) < 4.78 is 5.57. The quantitative estimate of drug-likeness (QED) is 0.709. The fourth-order valence-electron chi connectivity index (χ4n) is 1.67. The maximum absolute atomic E-state index is 9.37. The van der Waals surface area contributed by atoms with Crippen molar-refractivity contribution >= 4 is 0 Å². The van der Waals surface area contributed by atoms with Crippen molar-refractivity contribution in [2.75, 3.05) is 0 Å². The molecule has 70 valence electrons. The minimum absolute atomic E-state index is 0.0585. The number of fused-ring (bicyclic) bond motifs is 1. The van der Waals surface area contributed by atoms with Crippen molar-refractivity contribution in [1.29, 1.82) is 0 Å². The molecule has 13 heavy (non-hydrogen) atoms. The highest BCUT2D eigenvalue weighted by Crippen LogP contribution is 2.30. The summed E-state index contributed by atoms with van der Waals surface area (Å²) in [5.74, 6) is 0.927. The summed E-state index contributed by atoms with van der Waals surface area (Å²) in [5, 5.41) is 9.37. The van der Waals surface area contributed by atoms with Crippen LogP contribution in [0.15, 0.2) is 18.2 Å². The molecule has 0 saturated carbocycles. The lowest BCUT2D eigenvalue weighted by atomic mass is 10.1. The van der Waals surface area contributed by atoms with E-state index in [4.69, 9.17) is 4.74 Å². The molecule has 2 unspecified atom stereocenters. The van der Waals surface area contributed by atoms with Gasteiger partial charge in [-0.05, 0) is 25.5 Å². The van der Waals surface area contributed by atoms with Gasteiger partial charge >= 0.3 is 0 Å². The molecule has 0 saturated heterocycles. The topological polar surface area (TPSA) is 29.5 Å². The molecule has 1 aliphatic rings. The summed E-state index contributed by atoms with van der Waals surface area (Å²) in [6, 6.07) is 6.13. The highest BCUT2D eigenvalue weighted by atomic mass is 16.5. The van der Waals surface area contributed by atoms with E-state index in [0.29, 0.717) is 0 Å². The van der Waals surface area contributed by atoms with E-state index in [1.807, 2.05) is 12.1 Å². The highest BCUT2D eigenvalue weighted by Gasteiger charge is 2.26. The molecule has 2 heteroatoms. The zero-order chi connectivity index (χ0) is 9.42. The molecule has 2 rings (SSSR count). The Morgan fingerprint density at radius 2 is 2.31 bits per heavy atom. The van der Waals surface area contributed by atoms with E-state index in [2.05, 4.69) is 13.0 Å². The summed E-state index contributed by atoms with van der Waals surface area (Å²) >= 11 is 0. The summed E-state index contributed by atoms with van der Waals surface area (Å²) in [6.45, 7) is 3.83. The lowest BCUT2D eigenvalue weighted by Crippen LogP contribution is -2.26. The van der Waals surface area contributed by atoms with Crippen molar-refractivity contribution in [2.24, 2.45) is 0 Å². The van der Waals surface area contributed by atoms with Crippen molar-refractivity contribution in [3.63, 3.8) is 0 Å². The zero-order valence-corrected chi connectivity index (χ0v) is 7.95. The predicted octanol–water partition coefficient (Wildman–Crippen LogP) is 1.68. The van der Waals surface area contributed by atoms with Gasteiger partial charge in [0.15, 0.2) is 0 Å². The maximum atomic E-state index is 9.37. The number of hydrogen-bond acceptors (Lipinski definition) is 2. The fourth-order valence-corrected chi connectivity index (χ4v) is 1.67. The Morgan fingerprint density at radius 1 is 1.54 bits per heavy atom. The maximum Gasteiger partial charge on any atom is 0.128 e. The Bertz CT molecular complexity index is 318. The van der Waals surface area contributed by atoms with Crippen LogP contribution in [-0.4, -0.2) is 17.3 Å². The highest BCUT2D eigenvalue weighted by molar-refractivity contribution is 5.40. The Hall–Kier alpha value is -1.02. The molecule has 0 amide bonds. The zero-order valence-electron chi connectivity index (χ0n) is 7.95. The van der Waals surface area contributed by atoms with Gasteiger partial charge in [0.2, 0.25) is 0 Å². The molecule has 1 aromatic rings.